The van der Waals surface area contributed by atoms with Gasteiger partial charge in [-0.05, 0) is 47.0 Å². The molecule has 4 rings (SSSR count). The van der Waals surface area contributed by atoms with E-state index in [9.17, 15) is 9.59 Å². The van der Waals surface area contributed by atoms with Crippen LogP contribution in [0.1, 0.15) is 28.8 Å². The van der Waals surface area contributed by atoms with Gasteiger partial charge in [0.2, 0.25) is 5.91 Å². The summed E-state index contributed by atoms with van der Waals surface area (Å²) in [7, 11) is 0. The Morgan fingerprint density at radius 2 is 1.73 bits per heavy atom. The molecule has 0 atom stereocenters. The zero-order chi connectivity index (χ0) is 17.9. The van der Waals surface area contributed by atoms with Crippen LogP contribution in [0.2, 0.25) is 0 Å². The molecule has 0 bridgehead atoms. The number of rotatable bonds is 4. The summed E-state index contributed by atoms with van der Waals surface area (Å²) in [4.78, 5) is 26.0. The first-order valence-electron chi connectivity index (χ1n) is 8.87. The summed E-state index contributed by atoms with van der Waals surface area (Å²) in [5.41, 5.74) is 2.59. The van der Waals surface area contributed by atoms with Gasteiger partial charge >= 0.3 is 0 Å². The number of carbonyl (C=O) groups excluding carboxylic acids is 2. The third kappa shape index (κ3) is 3.31. The van der Waals surface area contributed by atoms with E-state index in [1.165, 1.54) is 0 Å². The van der Waals surface area contributed by atoms with Crippen molar-refractivity contribution in [3.8, 4) is 0 Å². The summed E-state index contributed by atoms with van der Waals surface area (Å²) in [6, 6.07) is 21.5. The van der Waals surface area contributed by atoms with Crippen molar-refractivity contribution in [1.29, 1.82) is 0 Å². The smallest absolute Gasteiger partial charge is 0.251 e. The van der Waals surface area contributed by atoms with E-state index in [4.69, 9.17) is 0 Å². The molecule has 0 spiro atoms. The first-order valence-corrected chi connectivity index (χ1v) is 8.87. The van der Waals surface area contributed by atoms with Gasteiger partial charge in [-0.25, -0.2) is 0 Å². The molecule has 130 valence electrons. The lowest BCUT2D eigenvalue weighted by Crippen LogP contribution is -2.24. The van der Waals surface area contributed by atoms with Gasteiger partial charge in [-0.2, -0.15) is 0 Å². The highest BCUT2D eigenvalue weighted by Crippen LogP contribution is 2.21. The summed E-state index contributed by atoms with van der Waals surface area (Å²) < 4.78 is 0. The number of hydrogen-bond acceptors (Lipinski definition) is 2. The van der Waals surface area contributed by atoms with E-state index in [0.29, 0.717) is 18.5 Å². The number of hydrogen-bond donors (Lipinski definition) is 1. The fourth-order valence-electron chi connectivity index (χ4n) is 3.33. The van der Waals surface area contributed by atoms with E-state index < -0.39 is 0 Å². The molecule has 26 heavy (non-hydrogen) atoms. The lowest BCUT2D eigenvalue weighted by Gasteiger charge is -2.16. The van der Waals surface area contributed by atoms with Gasteiger partial charge in [0.1, 0.15) is 0 Å². The molecule has 3 aromatic carbocycles. The Morgan fingerprint density at radius 3 is 2.46 bits per heavy atom. The van der Waals surface area contributed by atoms with Gasteiger partial charge in [-0.3, -0.25) is 9.59 Å². The molecule has 0 aliphatic carbocycles. The zero-order valence-corrected chi connectivity index (χ0v) is 14.4. The molecular formula is C22H20N2O2. The van der Waals surface area contributed by atoms with Crippen molar-refractivity contribution >= 4 is 28.3 Å². The third-order valence-electron chi connectivity index (χ3n) is 4.79. The van der Waals surface area contributed by atoms with Crippen LogP contribution in [-0.2, 0) is 11.3 Å². The number of nitrogens with one attached hydrogen (secondary N) is 1. The van der Waals surface area contributed by atoms with Gasteiger partial charge in [-0.15, -0.1) is 0 Å². The van der Waals surface area contributed by atoms with Crippen LogP contribution >= 0.6 is 0 Å². The van der Waals surface area contributed by atoms with Gasteiger partial charge in [0.25, 0.3) is 5.91 Å². The maximum absolute atomic E-state index is 12.4. The molecule has 4 nitrogen and oxygen atoms in total. The van der Waals surface area contributed by atoms with Crippen molar-refractivity contribution in [3.63, 3.8) is 0 Å². The Morgan fingerprint density at radius 1 is 0.962 bits per heavy atom. The van der Waals surface area contributed by atoms with Crippen molar-refractivity contribution in [2.45, 2.75) is 19.4 Å². The minimum absolute atomic E-state index is 0.0884. The average molecular weight is 344 g/mol. The number of fused-ring (bicyclic) bond motifs is 1. The van der Waals surface area contributed by atoms with Crippen LogP contribution in [-0.4, -0.2) is 18.4 Å². The van der Waals surface area contributed by atoms with Crippen LogP contribution in [0.25, 0.3) is 10.8 Å². The number of nitrogens with zero attached hydrogens (tertiary/aromatic N) is 1. The molecule has 1 N–H and O–H groups in total. The largest absolute Gasteiger partial charge is 0.348 e. The van der Waals surface area contributed by atoms with Crippen LogP contribution in [0.3, 0.4) is 0 Å². The van der Waals surface area contributed by atoms with Crippen molar-refractivity contribution in [2.75, 3.05) is 11.4 Å². The molecule has 1 aliphatic heterocycles. The number of amides is 2. The van der Waals surface area contributed by atoms with Gasteiger partial charge in [0.05, 0.1) is 0 Å². The van der Waals surface area contributed by atoms with E-state index in [-0.39, 0.29) is 11.8 Å². The Balaban J connectivity index is 1.41. The monoisotopic (exact) mass is 344 g/mol. The van der Waals surface area contributed by atoms with Crippen molar-refractivity contribution in [2.24, 2.45) is 0 Å². The second-order valence-electron chi connectivity index (χ2n) is 6.56. The highest BCUT2D eigenvalue weighted by Gasteiger charge is 2.21. The second-order valence-corrected chi connectivity index (χ2v) is 6.56. The van der Waals surface area contributed by atoms with Crippen LogP contribution in [0.5, 0.6) is 0 Å². The van der Waals surface area contributed by atoms with Gasteiger partial charge < -0.3 is 10.2 Å². The van der Waals surface area contributed by atoms with E-state index >= 15 is 0 Å². The standard InChI is InChI=1S/C22H20N2O2/c25-21-6-3-13-24(21)20-11-7-16(8-12-20)15-23-22(26)19-10-9-17-4-1-2-5-18(17)14-19/h1-2,4-5,7-12,14H,3,6,13,15H2,(H,23,26). The first kappa shape index (κ1) is 16.3. The van der Waals surface area contributed by atoms with Crippen molar-refractivity contribution < 1.29 is 9.59 Å². The Hall–Kier alpha value is -3.14. The van der Waals surface area contributed by atoms with Gasteiger partial charge in [-0.1, -0.05) is 42.5 Å². The number of benzene rings is 3. The Labute approximate surface area is 152 Å². The summed E-state index contributed by atoms with van der Waals surface area (Å²) in [5, 5.41) is 5.13. The minimum Gasteiger partial charge on any atom is -0.348 e. The predicted molar refractivity (Wildman–Crippen MR) is 103 cm³/mol. The maximum atomic E-state index is 12.4. The molecule has 0 saturated carbocycles. The topological polar surface area (TPSA) is 49.4 Å². The first-order chi connectivity index (χ1) is 12.7. The normalized spacial score (nSPS) is 14.0. The SMILES string of the molecule is O=C(NCc1ccc(N2CCCC2=O)cc1)c1ccc2ccccc2c1. The molecule has 0 unspecified atom stereocenters. The molecule has 3 aromatic rings. The fourth-order valence-corrected chi connectivity index (χ4v) is 3.33. The van der Waals surface area contributed by atoms with E-state index in [0.717, 1.165) is 35.0 Å². The molecule has 1 aliphatic rings. The molecule has 0 radical (unpaired) electrons. The summed E-state index contributed by atoms with van der Waals surface area (Å²) >= 11 is 0. The molecule has 4 heteroatoms. The molecule has 1 saturated heterocycles. The zero-order valence-electron chi connectivity index (χ0n) is 14.4. The van der Waals surface area contributed by atoms with Gasteiger partial charge in [0, 0.05) is 30.8 Å². The fraction of sp³-hybridized carbons (Fsp3) is 0.182. The van der Waals surface area contributed by atoms with E-state index in [1.54, 1.807) is 0 Å². The van der Waals surface area contributed by atoms with Gasteiger partial charge in [0.15, 0.2) is 0 Å². The Bertz CT molecular complexity index is 963. The molecule has 0 aromatic heterocycles. The molecule has 1 heterocycles. The second kappa shape index (κ2) is 7.00. The number of carbonyl (C=O) groups is 2. The van der Waals surface area contributed by atoms with Crippen LogP contribution in [0, 0.1) is 0 Å². The van der Waals surface area contributed by atoms with Crippen LogP contribution in [0.15, 0.2) is 66.7 Å². The average Bonchev–Trinajstić information content (AvgIpc) is 3.12. The summed E-state index contributed by atoms with van der Waals surface area (Å²) in [6.45, 7) is 1.25. The highest BCUT2D eigenvalue weighted by atomic mass is 16.2. The van der Waals surface area contributed by atoms with E-state index in [2.05, 4.69) is 5.32 Å². The lowest BCUT2D eigenvalue weighted by molar-refractivity contribution is -0.117. The Kier molecular flexibility index (Phi) is 4.40. The molecule has 2 amide bonds. The van der Waals surface area contributed by atoms with E-state index in [1.807, 2.05) is 71.6 Å². The predicted octanol–water partition coefficient (Wildman–Crippen LogP) is 3.90. The quantitative estimate of drug-likeness (QED) is 0.780. The minimum atomic E-state index is -0.0884. The molecule has 1 fully saturated rings. The lowest BCUT2D eigenvalue weighted by atomic mass is 10.1. The highest BCUT2D eigenvalue weighted by molar-refractivity contribution is 5.98. The van der Waals surface area contributed by atoms with Crippen molar-refractivity contribution in [1.82, 2.24) is 5.32 Å². The third-order valence-corrected chi connectivity index (χ3v) is 4.79. The maximum Gasteiger partial charge on any atom is 0.251 e. The molecular weight excluding hydrogens is 324 g/mol. The van der Waals surface area contributed by atoms with Crippen molar-refractivity contribution in [3.05, 3.63) is 77.9 Å². The van der Waals surface area contributed by atoms with Crippen LogP contribution in [0.4, 0.5) is 5.69 Å². The summed E-state index contributed by atoms with van der Waals surface area (Å²) in [5.74, 6) is 0.0944. The number of anilines is 1. The van der Waals surface area contributed by atoms with Crippen LogP contribution < -0.4 is 10.2 Å². The summed E-state index contributed by atoms with van der Waals surface area (Å²) in [6.07, 6.45) is 1.55.